The third-order valence-electron chi connectivity index (χ3n) is 6.83. The van der Waals surface area contributed by atoms with Gasteiger partial charge in [0.15, 0.2) is 9.84 Å². The summed E-state index contributed by atoms with van der Waals surface area (Å²) in [5.41, 5.74) is 1.66. The maximum absolute atomic E-state index is 12.9. The van der Waals surface area contributed by atoms with Gasteiger partial charge in [0.2, 0.25) is 5.95 Å². The number of amides is 1. The number of rotatable bonds is 6. The molecule has 3 heterocycles. The molecule has 2 aliphatic heterocycles. The van der Waals surface area contributed by atoms with Gasteiger partial charge in [-0.05, 0) is 37.2 Å². The molecule has 8 nitrogen and oxygen atoms in total. The summed E-state index contributed by atoms with van der Waals surface area (Å²) in [6.07, 6.45) is 4.46. The van der Waals surface area contributed by atoms with Crippen molar-refractivity contribution in [3.63, 3.8) is 0 Å². The number of anilines is 2. The van der Waals surface area contributed by atoms with Crippen LogP contribution in [0.3, 0.4) is 0 Å². The molecule has 0 radical (unpaired) electrons. The van der Waals surface area contributed by atoms with Crippen LogP contribution >= 0.6 is 0 Å². The van der Waals surface area contributed by atoms with Gasteiger partial charge in [0.05, 0.1) is 11.5 Å². The lowest BCUT2D eigenvalue weighted by Crippen LogP contribution is -2.41. The molecule has 176 valence electrons. The molecule has 1 atom stereocenters. The summed E-state index contributed by atoms with van der Waals surface area (Å²) >= 11 is 0. The van der Waals surface area contributed by atoms with Crippen LogP contribution in [-0.4, -0.2) is 68.5 Å². The van der Waals surface area contributed by atoms with E-state index in [4.69, 9.17) is 4.98 Å². The summed E-state index contributed by atoms with van der Waals surface area (Å²) in [7, 11) is -3.00. The summed E-state index contributed by atoms with van der Waals surface area (Å²) in [5.74, 6) is 2.18. The molecule has 1 N–H and O–H groups in total. The minimum Gasteiger partial charge on any atom is -0.354 e. The molecule has 1 aromatic carbocycles. The molecule has 2 aromatic rings. The van der Waals surface area contributed by atoms with E-state index in [-0.39, 0.29) is 17.4 Å². The minimum atomic E-state index is -3.00. The largest absolute Gasteiger partial charge is 0.354 e. The Hall–Kier alpha value is -2.68. The molecule has 2 saturated heterocycles. The van der Waals surface area contributed by atoms with Crippen molar-refractivity contribution < 1.29 is 13.2 Å². The molecule has 0 spiro atoms. The summed E-state index contributed by atoms with van der Waals surface area (Å²) in [6, 6.07) is 12.2. The fraction of sp³-hybridized carbons (Fsp3) is 0.542. The van der Waals surface area contributed by atoms with Gasteiger partial charge in [-0.1, -0.05) is 30.3 Å². The van der Waals surface area contributed by atoms with E-state index in [0.717, 1.165) is 38.8 Å². The number of hydrogen-bond acceptors (Lipinski definition) is 7. The zero-order valence-electron chi connectivity index (χ0n) is 18.8. The van der Waals surface area contributed by atoms with Crippen molar-refractivity contribution in [2.24, 2.45) is 5.92 Å². The molecule has 1 aliphatic carbocycles. The van der Waals surface area contributed by atoms with E-state index in [1.807, 2.05) is 11.0 Å². The Kier molecular flexibility index (Phi) is 6.23. The van der Waals surface area contributed by atoms with Crippen LogP contribution in [0.15, 0.2) is 36.4 Å². The Morgan fingerprint density at radius 2 is 1.76 bits per heavy atom. The first-order chi connectivity index (χ1) is 16.0. The van der Waals surface area contributed by atoms with Gasteiger partial charge in [0.25, 0.3) is 5.91 Å². The van der Waals surface area contributed by atoms with E-state index in [0.29, 0.717) is 48.9 Å². The van der Waals surface area contributed by atoms with E-state index >= 15 is 0 Å². The quantitative estimate of drug-likeness (QED) is 0.693. The Morgan fingerprint density at radius 3 is 2.48 bits per heavy atom. The predicted octanol–water partition coefficient (Wildman–Crippen LogP) is 2.24. The van der Waals surface area contributed by atoms with Crippen LogP contribution in [0.5, 0.6) is 0 Å². The lowest BCUT2D eigenvalue weighted by atomic mass is 9.91. The van der Waals surface area contributed by atoms with Crippen molar-refractivity contribution in [1.29, 1.82) is 0 Å². The highest BCUT2D eigenvalue weighted by Gasteiger charge is 2.28. The second-order valence-electron chi connectivity index (χ2n) is 9.40. The second-order valence-corrected chi connectivity index (χ2v) is 11.7. The number of carbonyl (C=O) groups is 1. The summed E-state index contributed by atoms with van der Waals surface area (Å²) in [5, 5.41) is 3.01. The first-order valence-corrected chi connectivity index (χ1v) is 13.7. The minimum absolute atomic E-state index is 0.106. The first kappa shape index (κ1) is 22.1. The van der Waals surface area contributed by atoms with Crippen LogP contribution in [0.25, 0.3) is 0 Å². The Morgan fingerprint density at radius 1 is 1.00 bits per heavy atom. The molecule has 0 unspecified atom stereocenters. The number of hydrogen-bond donors (Lipinski definition) is 1. The van der Waals surface area contributed by atoms with Crippen molar-refractivity contribution in [2.45, 2.75) is 31.6 Å². The maximum Gasteiger partial charge on any atom is 0.270 e. The topological polar surface area (TPSA) is 95.5 Å². The lowest BCUT2D eigenvalue weighted by molar-refractivity contribution is 0.0946. The van der Waals surface area contributed by atoms with Gasteiger partial charge in [-0.25, -0.2) is 13.4 Å². The SMILES string of the molecule is O=C(NCC1CC1)c1cc(N2CCS(=O)(=O)CC2)nc(N2CCC[C@@H](c3ccccc3)C2)n1. The van der Waals surface area contributed by atoms with Crippen LogP contribution in [0, 0.1) is 5.92 Å². The van der Waals surface area contributed by atoms with Crippen LogP contribution in [0.1, 0.15) is 47.7 Å². The Bertz CT molecular complexity index is 1090. The molecule has 1 saturated carbocycles. The Labute approximate surface area is 195 Å². The molecule has 3 fully saturated rings. The number of nitrogens with one attached hydrogen (secondary N) is 1. The van der Waals surface area contributed by atoms with Gasteiger partial charge >= 0.3 is 0 Å². The number of carbonyl (C=O) groups excluding carboxylic acids is 1. The molecule has 9 heteroatoms. The molecular weight excluding hydrogens is 438 g/mol. The number of sulfone groups is 1. The van der Waals surface area contributed by atoms with Gasteiger partial charge < -0.3 is 15.1 Å². The van der Waals surface area contributed by atoms with Crippen molar-refractivity contribution in [3.8, 4) is 0 Å². The number of nitrogens with zero attached hydrogens (tertiary/aromatic N) is 4. The van der Waals surface area contributed by atoms with E-state index in [1.54, 1.807) is 6.07 Å². The van der Waals surface area contributed by atoms with Crippen molar-refractivity contribution in [1.82, 2.24) is 15.3 Å². The number of aromatic nitrogens is 2. The van der Waals surface area contributed by atoms with E-state index in [1.165, 1.54) is 5.56 Å². The molecule has 3 aliphatic rings. The lowest BCUT2D eigenvalue weighted by Gasteiger charge is -2.34. The molecular formula is C24H31N5O3S. The molecule has 33 heavy (non-hydrogen) atoms. The normalized spacial score (nSPS) is 22.7. The average molecular weight is 470 g/mol. The van der Waals surface area contributed by atoms with Gasteiger partial charge in [-0.3, -0.25) is 4.79 Å². The smallest absolute Gasteiger partial charge is 0.270 e. The summed E-state index contributed by atoms with van der Waals surface area (Å²) in [6.45, 7) is 3.08. The highest BCUT2D eigenvalue weighted by molar-refractivity contribution is 7.91. The van der Waals surface area contributed by atoms with Crippen LogP contribution in [-0.2, 0) is 9.84 Å². The zero-order valence-corrected chi connectivity index (χ0v) is 19.6. The maximum atomic E-state index is 12.9. The van der Waals surface area contributed by atoms with Crippen molar-refractivity contribution >= 4 is 27.5 Å². The van der Waals surface area contributed by atoms with Gasteiger partial charge in [0, 0.05) is 44.7 Å². The fourth-order valence-electron chi connectivity index (χ4n) is 4.59. The second kappa shape index (κ2) is 9.29. The van der Waals surface area contributed by atoms with E-state index in [2.05, 4.69) is 39.5 Å². The molecule has 0 bridgehead atoms. The summed E-state index contributed by atoms with van der Waals surface area (Å²) in [4.78, 5) is 26.5. The summed E-state index contributed by atoms with van der Waals surface area (Å²) < 4.78 is 23.8. The average Bonchev–Trinajstić information content (AvgIpc) is 3.67. The molecule has 1 amide bonds. The van der Waals surface area contributed by atoms with E-state index < -0.39 is 9.84 Å². The Balaban J connectivity index is 1.41. The highest BCUT2D eigenvalue weighted by atomic mass is 32.2. The van der Waals surface area contributed by atoms with E-state index in [9.17, 15) is 13.2 Å². The number of benzene rings is 1. The third kappa shape index (κ3) is 5.46. The van der Waals surface area contributed by atoms with Crippen LogP contribution in [0.2, 0.25) is 0 Å². The predicted molar refractivity (Wildman–Crippen MR) is 129 cm³/mol. The molecule has 5 rings (SSSR count). The number of piperidine rings is 1. The van der Waals surface area contributed by atoms with Crippen molar-refractivity contribution in [3.05, 3.63) is 47.7 Å². The third-order valence-corrected chi connectivity index (χ3v) is 8.43. The molecule has 1 aromatic heterocycles. The zero-order chi connectivity index (χ0) is 22.8. The van der Waals surface area contributed by atoms with Gasteiger partial charge in [0.1, 0.15) is 11.5 Å². The highest BCUT2D eigenvalue weighted by Crippen LogP contribution is 2.30. The van der Waals surface area contributed by atoms with Gasteiger partial charge in [-0.2, -0.15) is 4.98 Å². The van der Waals surface area contributed by atoms with Crippen molar-refractivity contribution in [2.75, 3.05) is 54.0 Å². The van der Waals surface area contributed by atoms with Gasteiger partial charge in [-0.15, -0.1) is 0 Å². The van der Waals surface area contributed by atoms with Crippen LogP contribution < -0.4 is 15.1 Å². The van der Waals surface area contributed by atoms with Crippen LogP contribution in [0.4, 0.5) is 11.8 Å². The first-order valence-electron chi connectivity index (χ1n) is 11.9. The monoisotopic (exact) mass is 469 g/mol. The fourth-order valence-corrected chi connectivity index (χ4v) is 5.79. The standard InChI is InChI=1S/C24H31N5O3S/c30-23(25-16-18-8-9-18)21-15-22(28-11-13-33(31,32)14-12-28)27-24(26-21)29-10-4-7-20(17-29)19-5-2-1-3-6-19/h1-3,5-6,15,18,20H,4,7-14,16-17H2,(H,25,30)/t20-/m1/s1.